The fourth-order valence-electron chi connectivity index (χ4n) is 1.67. The first-order chi connectivity index (χ1) is 8.13. The highest BCUT2D eigenvalue weighted by Gasteiger charge is 2.11. The third kappa shape index (κ3) is 9.09. The molecule has 0 saturated carbocycles. The van der Waals surface area contributed by atoms with Gasteiger partial charge in [0.25, 0.3) is 0 Å². The van der Waals surface area contributed by atoms with Crippen LogP contribution in [-0.4, -0.2) is 50.0 Å². The van der Waals surface area contributed by atoms with Crippen molar-refractivity contribution in [2.24, 2.45) is 0 Å². The summed E-state index contributed by atoms with van der Waals surface area (Å²) >= 11 is 0. The van der Waals surface area contributed by atoms with E-state index < -0.39 is 0 Å². The van der Waals surface area contributed by atoms with Crippen molar-refractivity contribution in [1.29, 1.82) is 0 Å². The summed E-state index contributed by atoms with van der Waals surface area (Å²) in [7, 11) is 1.61. The van der Waals surface area contributed by atoms with Crippen LogP contribution in [0.3, 0.4) is 0 Å². The second-order valence-corrected chi connectivity index (χ2v) is 4.30. The first-order valence-corrected chi connectivity index (χ1v) is 6.26. The van der Waals surface area contributed by atoms with Crippen LogP contribution in [0.5, 0.6) is 0 Å². The molecule has 0 aromatic rings. The lowest BCUT2D eigenvalue weighted by Gasteiger charge is -2.18. The topological polar surface area (TPSA) is 70.6 Å². The number of methoxy groups -OCH3 is 1. The Hall–Kier alpha value is -0.650. The Morgan fingerprint density at radius 1 is 1.41 bits per heavy atom. The van der Waals surface area contributed by atoms with E-state index in [9.17, 15) is 4.79 Å². The molecule has 17 heavy (non-hydrogen) atoms. The minimum Gasteiger partial charge on any atom is -0.396 e. The van der Waals surface area contributed by atoms with Crippen LogP contribution in [0, 0.1) is 0 Å². The number of carbonyl (C=O) groups excluding carboxylic acids is 1. The van der Waals surface area contributed by atoms with Crippen LogP contribution >= 0.6 is 0 Å². The van der Waals surface area contributed by atoms with E-state index in [0.29, 0.717) is 13.0 Å². The molecule has 102 valence electrons. The molecule has 0 aromatic heterocycles. The molecule has 3 N–H and O–H groups in total. The van der Waals surface area contributed by atoms with Gasteiger partial charge in [0.1, 0.15) is 0 Å². The minimum absolute atomic E-state index is 0.00927. The zero-order valence-electron chi connectivity index (χ0n) is 11.2. The summed E-state index contributed by atoms with van der Waals surface area (Å²) in [6, 6.07) is 0.241. The Morgan fingerprint density at radius 2 is 2.12 bits per heavy atom. The lowest BCUT2D eigenvalue weighted by molar-refractivity contribution is -0.121. The molecule has 5 nitrogen and oxygen atoms in total. The summed E-state index contributed by atoms with van der Waals surface area (Å²) in [5, 5.41) is 14.8. The number of rotatable bonds is 10. The number of aliphatic hydroxyl groups excluding tert-OH is 1. The lowest BCUT2D eigenvalue weighted by Crippen LogP contribution is -2.44. The summed E-state index contributed by atoms with van der Waals surface area (Å²) in [6.45, 7) is 4.95. The van der Waals surface area contributed by atoms with Crippen molar-refractivity contribution in [2.45, 2.75) is 45.2 Å². The number of aliphatic hydroxyl groups is 1. The first-order valence-electron chi connectivity index (χ1n) is 6.26. The Balaban J connectivity index is 3.78. The first kappa shape index (κ1) is 16.4. The molecule has 1 amide bonds. The molecule has 0 aliphatic heterocycles. The summed E-state index contributed by atoms with van der Waals surface area (Å²) in [5.74, 6) is -0.00927. The predicted molar refractivity (Wildman–Crippen MR) is 67.9 cm³/mol. The fraction of sp³-hybridized carbons (Fsp3) is 0.917. The van der Waals surface area contributed by atoms with Gasteiger partial charge in [-0.15, -0.1) is 0 Å². The van der Waals surface area contributed by atoms with Gasteiger partial charge in [-0.3, -0.25) is 4.79 Å². The molecule has 0 bridgehead atoms. The summed E-state index contributed by atoms with van der Waals surface area (Å²) in [5.41, 5.74) is 0. The van der Waals surface area contributed by atoms with Gasteiger partial charge in [0.2, 0.25) is 5.91 Å². The summed E-state index contributed by atoms with van der Waals surface area (Å²) < 4.78 is 5.00. The number of hydrogen-bond acceptors (Lipinski definition) is 4. The zero-order chi connectivity index (χ0) is 13.1. The molecule has 0 aromatic carbocycles. The SMILES string of the molecule is CCCC(C)NC(=O)CNC(CCO)COC. The Bertz CT molecular complexity index is 194. The molecular formula is C12H26N2O3. The maximum absolute atomic E-state index is 11.6. The minimum atomic E-state index is -0.00927. The maximum Gasteiger partial charge on any atom is 0.234 e. The zero-order valence-corrected chi connectivity index (χ0v) is 11.2. The van der Waals surface area contributed by atoms with Gasteiger partial charge in [0.15, 0.2) is 0 Å². The standard InChI is InChI=1S/C12H26N2O3/c1-4-5-10(2)14-12(16)8-13-11(6-7-15)9-17-3/h10-11,13,15H,4-9H2,1-3H3,(H,14,16). The quantitative estimate of drug-likeness (QED) is 0.518. The van der Waals surface area contributed by atoms with E-state index in [-0.39, 0.29) is 31.1 Å². The van der Waals surface area contributed by atoms with Gasteiger partial charge in [0, 0.05) is 25.8 Å². The molecule has 0 aliphatic rings. The van der Waals surface area contributed by atoms with E-state index in [1.807, 2.05) is 6.92 Å². The number of nitrogens with one attached hydrogen (secondary N) is 2. The van der Waals surface area contributed by atoms with Crippen molar-refractivity contribution in [3.63, 3.8) is 0 Å². The average molecular weight is 246 g/mol. The lowest BCUT2D eigenvalue weighted by atomic mass is 10.2. The maximum atomic E-state index is 11.6. The van der Waals surface area contributed by atoms with Crippen molar-refractivity contribution in [3.05, 3.63) is 0 Å². The van der Waals surface area contributed by atoms with Crippen LogP contribution in [-0.2, 0) is 9.53 Å². The molecule has 0 aliphatic carbocycles. The van der Waals surface area contributed by atoms with E-state index >= 15 is 0 Å². The van der Waals surface area contributed by atoms with Crippen LogP contribution in [0.15, 0.2) is 0 Å². The fourth-order valence-corrected chi connectivity index (χ4v) is 1.67. The van der Waals surface area contributed by atoms with Gasteiger partial charge in [-0.05, 0) is 19.8 Å². The van der Waals surface area contributed by atoms with E-state index in [0.717, 1.165) is 12.8 Å². The highest BCUT2D eigenvalue weighted by atomic mass is 16.5. The third-order valence-corrected chi connectivity index (χ3v) is 2.53. The molecular weight excluding hydrogens is 220 g/mol. The summed E-state index contributed by atoms with van der Waals surface area (Å²) in [6.07, 6.45) is 2.64. The molecule has 5 heteroatoms. The largest absolute Gasteiger partial charge is 0.396 e. The van der Waals surface area contributed by atoms with E-state index in [1.165, 1.54) is 0 Å². The van der Waals surface area contributed by atoms with Gasteiger partial charge in [0.05, 0.1) is 13.2 Å². The smallest absolute Gasteiger partial charge is 0.234 e. The molecule has 2 unspecified atom stereocenters. The molecule has 0 radical (unpaired) electrons. The Morgan fingerprint density at radius 3 is 2.65 bits per heavy atom. The van der Waals surface area contributed by atoms with Crippen LogP contribution in [0.2, 0.25) is 0 Å². The monoisotopic (exact) mass is 246 g/mol. The molecule has 2 atom stereocenters. The number of amides is 1. The predicted octanol–water partition coefficient (Wildman–Crippen LogP) is 0.278. The highest BCUT2D eigenvalue weighted by Crippen LogP contribution is 1.95. The second-order valence-electron chi connectivity index (χ2n) is 4.30. The number of carbonyl (C=O) groups is 1. The van der Waals surface area contributed by atoms with Crippen molar-refractivity contribution in [1.82, 2.24) is 10.6 Å². The Labute approximate surface area is 104 Å². The molecule has 0 fully saturated rings. The van der Waals surface area contributed by atoms with Crippen molar-refractivity contribution < 1.29 is 14.6 Å². The normalized spacial score (nSPS) is 14.4. The number of hydrogen-bond donors (Lipinski definition) is 3. The van der Waals surface area contributed by atoms with Crippen LogP contribution in [0.1, 0.15) is 33.1 Å². The van der Waals surface area contributed by atoms with Gasteiger partial charge >= 0.3 is 0 Å². The molecule has 0 saturated heterocycles. The van der Waals surface area contributed by atoms with Crippen LogP contribution < -0.4 is 10.6 Å². The molecule has 0 spiro atoms. The molecule has 0 rings (SSSR count). The average Bonchev–Trinajstić information content (AvgIpc) is 2.27. The van der Waals surface area contributed by atoms with E-state index in [4.69, 9.17) is 9.84 Å². The van der Waals surface area contributed by atoms with Crippen LogP contribution in [0.25, 0.3) is 0 Å². The second kappa shape index (κ2) is 10.5. The Kier molecular flexibility index (Phi) is 10.1. The van der Waals surface area contributed by atoms with Gasteiger partial charge in [-0.25, -0.2) is 0 Å². The highest BCUT2D eigenvalue weighted by molar-refractivity contribution is 5.78. The van der Waals surface area contributed by atoms with E-state index in [2.05, 4.69) is 17.6 Å². The van der Waals surface area contributed by atoms with Crippen LogP contribution in [0.4, 0.5) is 0 Å². The third-order valence-electron chi connectivity index (χ3n) is 2.53. The summed E-state index contributed by atoms with van der Waals surface area (Å²) in [4.78, 5) is 11.6. The van der Waals surface area contributed by atoms with Gasteiger partial charge in [-0.1, -0.05) is 13.3 Å². The van der Waals surface area contributed by atoms with Crippen molar-refractivity contribution in [3.8, 4) is 0 Å². The molecule has 0 heterocycles. The van der Waals surface area contributed by atoms with Gasteiger partial charge < -0.3 is 20.5 Å². The van der Waals surface area contributed by atoms with E-state index in [1.54, 1.807) is 7.11 Å². The van der Waals surface area contributed by atoms with Crippen molar-refractivity contribution >= 4 is 5.91 Å². The number of ether oxygens (including phenoxy) is 1. The van der Waals surface area contributed by atoms with Gasteiger partial charge in [-0.2, -0.15) is 0 Å². The van der Waals surface area contributed by atoms with Crippen molar-refractivity contribution in [2.75, 3.05) is 26.9 Å².